The largest absolute Gasteiger partial charge is 0.507 e. The molecule has 3 heteroatoms. The van der Waals surface area contributed by atoms with Gasteiger partial charge in [-0.2, -0.15) is 5.10 Å². The molecule has 22 heavy (non-hydrogen) atoms. The lowest BCUT2D eigenvalue weighted by Crippen LogP contribution is -2.17. The minimum Gasteiger partial charge on any atom is -0.507 e. The van der Waals surface area contributed by atoms with Crippen molar-refractivity contribution in [1.82, 2.24) is 9.78 Å². The molecule has 2 aromatic rings. The summed E-state index contributed by atoms with van der Waals surface area (Å²) in [6.45, 7) is 15.7. The third kappa shape index (κ3) is 3.18. The summed E-state index contributed by atoms with van der Waals surface area (Å²) in [4.78, 5) is 0. The molecule has 2 rings (SSSR count). The number of aryl methyl sites for hydroxylation is 1. The Morgan fingerprint density at radius 2 is 1.50 bits per heavy atom. The van der Waals surface area contributed by atoms with Gasteiger partial charge in [-0.15, -0.1) is 0 Å². The highest BCUT2D eigenvalue weighted by atomic mass is 16.3. The van der Waals surface area contributed by atoms with Gasteiger partial charge in [-0.25, -0.2) is 0 Å². The van der Waals surface area contributed by atoms with Crippen molar-refractivity contribution in [2.75, 3.05) is 0 Å². The van der Waals surface area contributed by atoms with Crippen molar-refractivity contribution in [2.45, 2.75) is 65.8 Å². The first-order valence-electron chi connectivity index (χ1n) is 7.96. The number of aromatic hydroxyl groups is 1. The van der Waals surface area contributed by atoms with Crippen molar-refractivity contribution in [3.8, 4) is 17.0 Å². The molecule has 120 valence electrons. The summed E-state index contributed by atoms with van der Waals surface area (Å²) in [6.07, 6.45) is 2.00. The van der Waals surface area contributed by atoms with Crippen LogP contribution in [0.3, 0.4) is 0 Å². The number of benzene rings is 1. The maximum absolute atomic E-state index is 10.8. The van der Waals surface area contributed by atoms with Gasteiger partial charge in [-0.3, -0.25) is 4.68 Å². The Hall–Kier alpha value is -1.77. The zero-order chi connectivity index (χ0) is 16.7. The number of phenols is 1. The number of nitrogens with zero attached hydrogens (tertiary/aromatic N) is 2. The summed E-state index contributed by atoms with van der Waals surface area (Å²) < 4.78 is 1.93. The van der Waals surface area contributed by atoms with Crippen LogP contribution >= 0.6 is 0 Å². The highest BCUT2D eigenvalue weighted by Crippen LogP contribution is 2.41. The second kappa shape index (κ2) is 5.45. The summed E-state index contributed by atoms with van der Waals surface area (Å²) in [5.74, 6) is 0.415. The molecular weight excluding hydrogens is 272 g/mol. The van der Waals surface area contributed by atoms with Crippen LogP contribution in [0.15, 0.2) is 24.4 Å². The van der Waals surface area contributed by atoms with E-state index >= 15 is 0 Å². The van der Waals surface area contributed by atoms with E-state index in [4.69, 9.17) is 0 Å². The van der Waals surface area contributed by atoms with E-state index in [9.17, 15) is 5.11 Å². The third-order valence-electron chi connectivity index (χ3n) is 3.99. The first-order valence-corrected chi connectivity index (χ1v) is 7.96. The second-order valence-electron chi connectivity index (χ2n) is 7.98. The summed E-state index contributed by atoms with van der Waals surface area (Å²) in [5.41, 5.74) is 3.74. The summed E-state index contributed by atoms with van der Waals surface area (Å²) in [5, 5.41) is 15.4. The summed E-state index contributed by atoms with van der Waals surface area (Å²) in [6, 6.07) is 6.19. The lowest BCUT2D eigenvalue weighted by atomic mass is 9.78. The fourth-order valence-electron chi connectivity index (χ4n) is 2.62. The molecule has 1 heterocycles. The van der Waals surface area contributed by atoms with Crippen molar-refractivity contribution < 1.29 is 5.11 Å². The topological polar surface area (TPSA) is 38.0 Å². The average molecular weight is 300 g/mol. The summed E-state index contributed by atoms with van der Waals surface area (Å²) in [7, 11) is 0. The zero-order valence-corrected chi connectivity index (χ0v) is 14.9. The van der Waals surface area contributed by atoms with Gasteiger partial charge in [0.25, 0.3) is 0 Å². The van der Waals surface area contributed by atoms with E-state index in [2.05, 4.69) is 65.7 Å². The van der Waals surface area contributed by atoms with Gasteiger partial charge in [0.05, 0.1) is 5.69 Å². The smallest absolute Gasteiger partial charge is 0.123 e. The van der Waals surface area contributed by atoms with Gasteiger partial charge >= 0.3 is 0 Å². The molecule has 0 saturated carbocycles. The fraction of sp³-hybridized carbons (Fsp3) is 0.526. The zero-order valence-electron chi connectivity index (χ0n) is 14.9. The number of aromatic nitrogens is 2. The minimum atomic E-state index is -0.118. The molecule has 0 spiro atoms. The monoisotopic (exact) mass is 300 g/mol. The third-order valence-corrected chi connectivity index (χ3v) is 3.99. The Labute approximate surface area is 134 Å². The Balaban J connectivity index is 2.70. The van der Waals surface area contributed by atoms with Crippen LogP contribution in [0.5, 0.6) is 5.75 Å². The van der Waals surface area contributed by atoms with Crippen LogP contribution in [0, 0.1) is 0 Å². The number of hydrogen-bond acceptors (Lipinski definition) is 2. The van der Waals surface area contributed by atoms with Gasteiger partial charge in [-0.05, 0) is 36.0 Å². The van der Waals surface area contributed by atoms with Crippen molar-refractivity contribution in [2.24, 2.45) is 0 Å². The highest BCUT2D eigenvalue weighted by molar-refractivity contribution is 5.66. The van der Waals surface area contributed by atoms with E-state index in [1.165, 1.54) is 0 Å². The molecule has 0 bridgehead atoms. The number of hydrogen-bond donors (Lipinski definition) is 1. The van der Waals surface area contributed by atoms with Gasteiger partial charge in [-0.1, -0.05) is 41.5 Å². The first kappa shape index (κ1) is 16.6. The van der Waals surface area contributed by atoms with Crippen molar-refractivity contribution >= 4 is 0 Å². The van der Waals surface area contributed by atoms with Gasteiger partial charge in [0, 0.05) is 29.4 Å². The van der Waals surface area contributed by atoms with E-state index in [0.29, 0.717) is 5.75 Å². The maximum atomic E-state index is 10.8. The lowest BCUT2D eigenvalue weighted by Gasteiger charge is -2.28. The molecule has 3 nitrogen and oxygen atoms in total. The highest BCUT2D eigenvalue weighted by Gasteiger charge is 2.27. The van der Waals surface area contributed by atoms with Crippen molar-refractivity contribution in [1.29, 1.82) is 0 Å². The quantitative estimate of drug-likeness (QED) is 0.859. The predicted octanol–water partition coefficient (Wildman–Crippen LogP) is 4.87. The molecular formula is C19H28N2O. The van der Waals surface area contributed by atoms with E-state index in [-0.39, 0.29) is 10.8 Å². The van der Waals surface area contributed by atoms with E-state index in [0.717, 1.165) is 28.9 Å². The van der Waals surface area contributed by atoms with Gasteiger partial charge in [0.2, 0.25) is 0 Å². The van der Waals surface area contributed by atoms with E-state index < -0.39 is 0 Å². The SMILES string of the molecule is CCn1ccc(-c2cc(C(C)(C)C)c(O)c(C(C)(C)C)c2)n1. The molecule has 0 aliphatic rings. The van der Waals surface area contributed by atoms with Crippen LogP contribution in [0.4, 0.5) is 0 Å². The Morgan fingerprint density at radius 1 is 1.00 bits per heavy atom. The number of rotatable bonds is 2. The molecule has 1 aromatic heterocycles. The van der Waals surface area contributed by atoms with Gasteiger partial charge in [0.15, 0.2) is 0 Å². The van der Waals surface area contributed by atoms with Crippen LogP contribution < -0.4 is 0 Å². The van der Waals surface area contributed by atoms with Gasteiger partial charge < -0.3 is 5.11 Å². The minimum absolute atomic E-state index is 0.118. The van der Waals surface area contributed by atoms with Crippen LogP contribution in [-0.2, 0) is 17.4 Å². The maximum Gasteiger partial charge on any atom is 0.123 e. The molecule has 0 radical (unpaired) electrons. The predicted molar refractivity (Wildman–Crippen MR) is 92.4 cm³/mol. The molecule has 0 aliphatic carbocycles. The van der Waals surface area contributed by atoms with Crippen molar-refractivity contribution in [3.63, 3.8) is 0 Å². The molecule has 1 aromatic carbocycles. The van der Waals surface area contributed by atoms with Crippen molar-refractivity contribution in [3.05, 3.63) is 35.5 Å². The van der Waals surface area contributed by atoms with Crippen LogP contribution in [0.1, 0.15) is 59.6 Å². The molecule has 1 N–H and O–H groups in total. The molecule has 0 aliphatic heterocycles. The van der Waals surface area contributed by atoms with E-state index in [1.54, 1.807) is 0 Å². The standard InChI is InChI=1S/C19H28N2O/c1-8-21-10-9-16(20-21)13-11-14(18(2,3)4)17(22)15(12-13)19(5,6)7/h9-12,22H,8H2,1-7H3. The normalized spacial score (nSPS) is 12.7. The molecule has 0 fully saturated rings. The lowest BCUT2D eigenvalue weighted by molar-refractivity contribution is 0.423. The Morgan fingerprint density at radius 3 is 1.86 bits per heavy atom. The molecule has 0 atom stereocenters. The second-order valence-corrected chi connectivity index (χ2v) is 7.98. The average Bonchev–Trinajstić information content (AvgIpc) is 2.85. The molecule has 0 saturated heterocycles. The summed E-state index contributed by atoms with van der Waals surface area (Å²) >= 11 is 0. The Bertz CT molecular complexity index is 634. The number of phenolic OH excluding ortho intramolecular Hbond substituents is 1. The Kier molecular flexibility index (Phi) is 4.12. The van der Waals surface area contributed by atoms with Crippen LogP contribution in [0.25, 0.3) is 11.3 Å². The van der Waals surface area contributed by atoms with Gasteiger partial charge in [0.1, 0.15) is 5.75 Å². The van der Waals surface area contributed by atoms with Crippen LogP contribution in [0.2, 0.25) is 0 Å². The molecule has 0 amide bonds. The van der Waals surface area contributed by atoms with Crippen LogP contribution in [-0.4, -0.2) is 14.9 Å². The fourth-order valence-corrected chi connectivity index (χ4v) is 2.62. The molecule has 0 unspecified atom stereocenters. The van der Waals surface area contributed by atoms with E-state index in [1.807, 2.05) is 16.9 Å². The first-order chi connectivity index (χ1) is 10.0.